The van der Waals surface area contributed by atoms with Gasteiger partial charge in [0.15, 0.2) is 0 Å². The van der Waals surface area contributed by atoms with Crippen molar-refractivity contribution in [3.05, 3.63) is 65.2 Å². The third-order valence-electron chi connectivity index (χ3n) is 2.69. The molecule has 1 amide bonds. The van der Waals surface area contributed by atoms with Gasteiger partial charge in [0.05, 0.1) is 0 Å². The highest BCUT2D eigenvalue weighted by atomic mass is 19.1. The van der Waals surface area contributed by atoms with E-state index in [1.54, 1.807) is 36.5 Å². The summed E-state index contributed by atoms with van der Waals surface area (Å²) in [7, 11) is 0. The van der Waals surface area contributed by atoms with Crippen molar-refractivity contribution in [1.82, 2.24) is 10.3 Å². The summed E-state index contributed by atoms with van der Waals surface area (Å²) in [5.41, 5.74) is 7.02. The molecule has 0 unspecified atom stereocenters. The smallest absolute Gasteiger partial charge is 0.270 e. The Morgan fingerprint density at radius 2 is 2.05 bits per heavy atom. The fraction of sp³-hybridized carbons (Fsp3) is 0.143. The maximum atomic E-state index is 13.4. The lowest BCUT2D eigenvalue weighted by atomic mass is 10.2. The van der Waals surface area contributed by atoms with Gasteiger partial charge < -0.3 is 11.1 Å². The normalized spacial score (nSPS) is 10.2. The lowest BCUT2D eigenvalue weighted by Gasteiger charge is -2.06. The van der Waals surface area contributed by atoms with E-state index in [0.717, 1.165) is 5.56 Å². The van der Waals surface area contributed by atoms with Crippen LogP contribution in [-0.4, -0.2) is 10.9 Å². The lowest BCUT2D eigenvalue weighted by Crippen LogP contribution is -2.24. The zero-order valence-corrected chi connectivity index (χ0v) is 10.3. The van der Waals surface area contributed by atoms with Crippen molar-refractivity contribution in [2.75, 3.05) is 0 Å². The molecule has 0 radical (unpaired) electrons. The van der Waals surface area contributed by atoms with Gasteiger partial charge in [0.25, 0.3) is 5.91 Å². The summed E-state index contributed by atoms with van der Waals surface area (Å²) in [6.45, 7) is 0.510. The molecule has 1 aromatic carbocycles. The number of amides is 1. The van der Waals surface area contributed by atoms with Crippen molar-refractivity contribution in [3.8, 4) is 0 Å². The number of pyridine rings is 1. The highest BCUT2D eigenvalue weighted by molar-refractivity contribution is 5.92. The summed E-state index contributed by atoms with van der Waals surface area (Å²) in [5.74, 6) is -0.680. The average Bonchev–Trinajstić information content (AvgIpc) is 2.46. The quantitative estimate of drug-likeness (QED) is 0.876. The van der Waals surface area contributed by atoms with Gasteiger partial charge in [-0.1, -0.05) is 24.3 Å². The van der Waals surface area contributed by atoms with Gasteiger partial charge in [-0.25, -0.2) is 4.39 Å². The standard InChI is InChI=1S/C14H14FN3O/c15-12-4-2-1-3-11(12)9-18-14(19)13-6-5-10(7-16)8-17-13/h1-6,8H,7,9,16H2,(H,18,19). The minimum atomic E-state index is -0.341. The number of aromatic nitrogens is 1. The molecule has 19 heavy (non-hydrogen) atoms. The number of nitrogens with two attached hydrogens (primary N) is 1. The van der Waals surface area contributed by atoms with Crippen molar-refractivity contribution in [3.63, 3.8) is 0 Å². The largest absolute Gasteiger partial charge is 0.347 e. The van der Waals surface area contributed by atoms with Gasteiger partial charge >= 0.3 is 0 Å². The van der Waals surface area contributed by atoms with Crippen molar-refractivity contribution >= 4 is 5.91 Å². The van der Waals surface area contributed by atoms with Gasteiger partial charge in [0.1, 0.15) is 11.5 Å². The van der Waals surface area contributed by atoms with Gasteiger partial charge in [-0.05, 0) is 17.7 Å². The first kappa shape index (κ1) is 13.2. The van der Waals surface area contributed by atoms with Crippen LogP contribution in [0.25, 0.3) is 0 Å². The SMILES string of the molecule is NCc1ccc(C(=O)NCc2ccccc2F)nc1. The van der Waals surface area contributed by atoms with Gasteiger partial charge in [0, 0.05) is 24.8 Å². The Kier molecular flexibility index (Phi) is 4.20. The molecular formula is C14H14FN3O. The minimum Gasteiger partial charge on any atom is -0.347 e. The zero-order valence-electron chi connectivity index (χ0n) is 10.3. The van der Waals surface area contributed by atoms with Crippen molar-refractivity contribution in [2.24, 2.45) is 5.73 Å². The predicted octanol–water partition coefficient (Wildman–Crippen LogP) is 1.61. The molecule has 0 spiro atoms. The minimum absolute atomic E-state index is 0.131. The van der Waals surface area contributed by atoms with Crippen LogP contribution in [0.3, 0.4) is 0 Å². The molecule has 98 valence electrons. The van der Waals surface area contributed by atoms with Crippen LogP contribution in [-0.2, 0) is 13.1 Å². The number of benzene rings is 1. The molecule has 0 saturated carbocycles. The molecule has 0 saturated heterocycles. The molecule has 1 aromatic heterocycles. The second-order valence-electron chi connectivity index (χ2n) is 4.03. The van der Waals surface area contributed by atoms with Crippen molar-refractivity contribution < 1.29 is 9.18 Å². The molecule has 4 nitrogen and oxygen atoms in total. The third-order valence-corrected chi connectivity index (χ3v) is 2.69. The Labute approximate surface area is 110 Å². The topological polar surface area (TPSA) is 68.0 Å². The van der Waals surface area contributed by atoms with E-state index in [2.05, 4.69) is 10.3 Å². The third kappa shape index (κ3) is 3.35. The predicted molar refractivity (Wildman–Crippen MR) is 69.7 cm³/mol. The highest BCUT2D eigenvalue weighted by Crippen LogP contribution is 2.06. The number of carbonyl (C=O) groups is 1. The fourth-order valence-electron chi connectivity index (χ4n) is 1.59. The van der Waals surface area contributed by atoms with Gasteiger partial charge in [-0.2, -0.15) is 0 Å². The van der Waals surface area contributed by atoms with Crippen LogP contribution in [0.1, 0.15) is 21.6 Å². The molecule has 0 aliphatic carbocycles. The molecular weight excluding hydrogens is 245 g/mol. The van der Waals surface area contributed by atoms with Crippen LogP contribution in [0.5, 0.6) is 0 Å². The Balaban J connectivity index is 1.99. The summed E-state index contributed by atoms with van der Waals surface area (Å²) in [4.78, 5) is 15.8. The number of hydrogen-bond acceptors (Lipinski definition) is 3. The van der Waals surface area contributed by atoms with Crippen LogP contribution in [0, 0.1) is 5.82 Å². The van der Waals surface area contributed by atoms with E-state index >= 15 is 0 Å². The maximum absolute atomic E-state index is 13.4. The number of carbonyl (C=O) groups excluding carboxylic acids is 1. The molecule has 0 aliphatic rings. The molecule has 5 heteroatoms. The molecule has 0 fully saturated rings. The van der Waals surface area contributed by atoms with Gasteiger partial charge in [0.2, 0.25) is 0 Å². The Morgan fingerprint density at radius 1 is 1.26 bits per heavy atom. The second-order valence-corrected chi connectivity index (χ2v) is 4.03. The molecule has 1 heterocycles. The highest BCUT2D eigenvalue weighted by Gasteiger charge is 2.08. The molecule has 0 bridgehead atoms. The zero-order chi connectivity index (χ0) is 13.7. The Hall–Kier alpha value is -2.27. The first-order chi connectivity index (χ1) is 9.20. The number of nitrogens with zero attached hydrogens (tertiary/aromatic N) is 1. The van der Waals surface area contributed by atoms with E-state index in [-0.39, 0.29) is 24.0 Å². The summed E-state index contributed by atoms with van der Waals surface area (Å²) < 4.78 is 13.4. The van der Waals surface area contributed by atoms with Crippen molar-refractivity contribution in [1.29, 1.82) is 0 Å². The first-order valence-electron chi connectivity index (χ1n) is 5.87. The first-order valence-corrected chi connectivity index (χ1v) is 5.87. The monoisotopic (exact) mass is 259 g/mol. The summed E-state index contributed by atoms with van der Waals surface area (Å²) in [5, 5.41) is 2.62. The molecule has 2 rings (SSSR count). The van der Waals surface area contributed by atoms with Gasteiger partial charge in [-0.3, -0.25) is 9.78 Å². The van der Waals surface area contributed by atoms with Gasteiger partial charge in [-0.15, -0.1) is 0 Å². The van der Waals surface area contributed by atoms with Crippen LogP contribution >= 0.6 is 0 Å². The number of halogens is 1. The van der Waals surface area contributed by atoms with Crippen LogP contribution in [0.4, 0.5) is 4.39 Å². The van der Waals surface area contributed by atoms with E-state index in [1.807, 2.05) is 0 Å². The second kappa shape index (κ2) is 6.06. The lowest BCUT2D eigenvalue weighted by molar-refractivity contribution is 0.0945. The summed E-state index contributed by atoms with van der Waals surface area (Å²) >= 11 is 0. The van der Waals surface area contributed by atoms with E-state index in [9.17, 15) is 9.18 Å². The van der Waals surface area contributed by atoms with Crippen LogP contribution < -0.4 is 11.1 Å². The number of hydrogen-bond donors (Lipinski definition) is 2. The molecule has 0 atom stereocenters. The summed E-state index contributed by atoms with van der Waals surface area (Å²) in [6, 6.07) is 9.65. The molecule has 2 aromatic rings. The Morgan fingerprint density at radius 3 is 2.68 bits per heavy atom. The molecule has 3 N–H and O–H groups in total. The number of nitrogens with one attached hydrogen (secondary N) is 1. The fourth-order valence-corrected chi connectivity index (χ4v) is 1.59. The van der Waals surface area contributed by atoms with E-state index in [4.69, 9.17) is 5.73 Å². The molecule has 0 aliphatic heterocycles. The average molecular weight is 259 g/mol. The van der Waals surface area contributed by atoms with Crippen LogP contribution in [0.2, 0.25) is 0 Å². The number of rotatable bonds is 4. The Bertz CT molecular complexity index is 569. The van der Waals surface area contributed by atoms with Crippen LogP contribution in [0.15, 0.2) is 42.6 Å². The van der Waals surface area contributed by atoms with Crippen molar-refractivity contribution in [2.45, 2.75) is 13.1 Å². The van der Waals surface area contributed by atoms with E-state index in [1.165, 1.54) is 6.07 Å². The summed E-state index contributed by atoms with van der Waals surface area (Å²) in [6.07, 6.45) is 1.55. The van der Waals surface area contributed by atoms with E-state index < -0.39 is 0 Å². The maximum Gasteiger partial charge on any atom is 0.270 e. The van der Waals surface area contributed by atoms with E-state index in [0.29, 0.717) is 12.1 Å².